The van der Waals surface area contributed by atoms with Gasteiger partial charge in [-0.3, -0.25) is 14.4 Å². The van der Waals surface area contributed by atoms with Crippen LogP contribution in [0.5, 0.6) is 0 Å². The van der Waals surface area contributed by atoms with E-state index in [1.807, 2.05) is 36.4 Å². The van der Waals surface area contributed by atoms with Crippen LogP contribution in [0, 0.1) is 0 Å². The number of para-hydroxylation sites is 1. The van der Waals surface area contributed by atoms with Gasteiger partial charge in [-0.15, -0.1) is 0 Å². The Hall–Kier alpha value is -3.93. The zero-order chi connectivity index (χ0) is 20.4. The minimum Gasteiger partial charge on any atom is -0.348 e. The molecule has 0 aliphatic carbocycles. The summed E-state index contributed by atoms with van der Waals surface area (Å²) in [5.41, 5.74) is 4.47. The van der Waals surface area contributed by atoms with Crippen molar-refractivity contribution in [3.63, 3.8) is 0 Å². The Bertz CT molecular complexity index is 1120. The first-order valence-electron chi connectivity index (χ1n) is 9.22. The number of fused-ring (bicyclic) bond motifs is 1. The smallest absolute Gasteiger partial charge is 0.257 e. The number of hydrogen-bond donors (Lipinski definition) is 3. The topological polar surface area (TPSA) is 87.3 Å². The summed E-state index contributed by atoms with van der Waals surface area (Å²) in [5, 5.41) is 8.32. The molecule has 6 nitrogen and oxygen atoms in total. The molecule has 0 saturated heterocycles. The third kappa shape index (κ3) is 3.60. The van der Waals surface area contributed by atoms with E-state index in [-0.39, 0.29) is 11.8 Å². The van der Waals surface area contributed by atoms with E-state index in [1.165, 1.54) is 6.92 Å². The summed E-state index contributed by atoms with van der Waals surface area (Å²) >= 11 is 0. The van der Waals surface area contributed by atoms with Gasteiger partial charge in [-0.2, -0.15) is 0 Å². The molecule has 3 amide bonds. The molecular formula is C23H19N3O3. The number of benzene rings is 3. The van der Waals surface area contributed by atoms with E-state index in [0.29, 0.717) is 29.0 Å². The second kappa shape index (κ2) is 7.59. The number of amides is 3. The molecule has 3 aromatic carbocycles. The number of carbonyl (C=O) groups excluding carboxylic acids is 3. The summed E-state index contributed by atoms with van der Waals surface area (Å²) in [6.45, 7) is 1.79. The lowest BCUT2D eigenvalue weighted by atomic mass is 9.95. The number of carbonyl (C=O) groups is 3. The van der Waals surface area contributed by atoms with Crippen LogP contribution in [0.15, 0.2) is 66.7 Å². The monoisotopic (exact) mass is 385 g/mol. The SMILES string of the molecule is CC(=O)Nc1ccccc1C(=O)Nc1ccc(-c2ccccc2)c2c1C(=O)NC2. The van der Waals surface area contributed by atoms with Crippen LogP contribution in [0.3, 0.4) is 0 Å². The Morgan fingerprint density at radius 1 is 0.862 bits per heavy atom. The normalized spacial score (nSPS) is 12.1. The zero-order valence-electron chi connectivity index (χ0n) is 15.8. The molecule has 3 N–H and O–H groups in total. The van der Waals surface area contributed by atoms with Crippen molar-refractivity contribution in [1.29, 1.82) is 0 Å². The summed E-state index contributed by atoms with van der Waals surface area (Å²) in [7, 11) is 0. The highest BCUT2D eigenvalue weighted by molar-refractivity contribution is 6.14. The number of anilines is 2. The Kier molecular flexibility index (Phi) is 4.83. The summed E-state index contributed by atoms with van der Waals surface area (Å²) in [4.78, 5) is 36.8. The lowest BCUT2D eigenvalue weighted by Crippen LogP contribution is -2.19. The van der Waals surface area contributed by atoms with Crippen LogP contribution >= 0.6 is 0 Å². The van der Waals surface area contributed by atoms with Gasteiger partial charge in [-0.1, -0.05) is 48.5 Å². The fourth-order valence-electron chi connectivity index (χ4n) is 3.51. The van der Waals surface area contributed by atoms with Crippen molar-refractivity contribution in [2.45, 2.75) is 13.5 Å². The van der Waals surface area contributed by atoms with Crippen LogP contribution in [0.1, 0.15) is 33.2 Å². The van der Waals surface area contributed by atoms with Gasteiger partial charge >= 0.3 is 0 Å². The van der Waals surface area contributed by atoms with Gasteiger partial charge in [-0.25, -0.2) is 0 Å². The fourth-order valence-corrected chi connectivity index (χ4v) is 3.51. The standard InChI is InChI=1S/C23H19N3O3/c1-14(27)25-19-10-6-5-9-17(19)22(28)26-20-12-11-16(15-7-3-2-4-8-15)18-13-24-23(29)21(18)20/h2-12H,13H2,1H3,(H,24,29)(H,25,27)(H,26,28). The molecule has 1 aliphatic rings. The highest BCUT2D eigenvalue weighted by Crippen LogP contribution is 2.34. The zero-order valence-corrected chi connectivity index (χ0v) is 15.8. The predicted molar refractivity (Wildman–Crippen MR) is 112 cm³/mol. The molecule has 1 heterocycles. The highest BCUT2D eigenvalue weighted by Gasteiger charge is 2.27. The molecule has 0 radical (unpaired) electrons. The first-order chi connectivity index (χ1) is 14.0. The molecule has 0 fully saturated rings. The summed E-state index contributed by atoms with van der Waals surface area (Å²) in [6, 6.07) is 20.2. The van der Waals surface area contributed by atoms with E-state index in [1.54, 1.807) is 30.3 Å². The molecule has 0 spiro atoms. The third-order valence-electron chi connectivity index (χ3n) is 4.78. The summed E-state index contributed by atoms with van der Waals surface area (Å²) < 4.78 is 0. The first-order valence-corrected chi connectivity index (χ1v) is 9.22. The molecule has 0 unspecified atom stereocenters. The number of nitrogens with one attached hydrogen (secondary N) is 3. The van der Waals surface area contributed by atoms with E-state index < -0.39 is 5.91 Å². The minimum absolute atomic E-state index is 0.219. The molecule has 3 aromatic rings. The average Bonchev–Trinajstić information content (AvgIpc) is 3.11. The van der Waals surface area contributed by atoms with Gasteiger partial charge in [0, 0.05) is 13.5 Å². The van der Waals surface area contributed by atoms with Crippen molar-refractivity contribution < 1.29 is 14.4 Å². The van der Waals surface area contributed by atoms with Gasteiger partial charge in [-0.05, 0) is 34.9 Å². The summed E-state index contributed by atoms with van der Waals surface area (Å²) in [6.07, 6.45) is 0. The van der Waals surface area contributed by atoms with Crippen molar-refractivity contribution in [2.75, 3.05) is 10.6 Å². The third-order valence-corrected chi connectivity index (χ3v) is 4.78. The Balaban J connectivity index is 1.71. The lowest BCUT2D eigenvalue weighted by Gasteiger charge is -2.14. The Morgan fingerprint density at radius 3 is 2.34 bits per heavy atom. The van der Waals surface area contributed by atoms with E-state index >= 15 is 0 Å². The van der Waals surface area contributed by atoms with Crippen molar-refractivity contribution in [1.82, 2.24) is 5.32 Å². The summed E-state index contributed by atoms with van der Waals surface area (Å²) in [5.74, 6) is -0.885. The van der Waals surface area contributed by atoms with E-state index in [2.05, 4.69) is 16.0 Å². The van der Waals surface area contributed by atoms with Crippen LogP contribution < -0.4 is 16.0 Å². The highest BCUT2D eigenvalue weighted by atomic mass is 16.2. The maximum atomic E-state index is 12.9. The molecule has 29 heavy (non-hydrogen) atoms. The molecule has 0 aromatic heterocycles. The van der Waals surface area contributed by atoms with E-state index in [4.69, 9.17) is 0 Å². The van der Waals surface area contributed by atoms with Crippen molar-refractivity contribution >= 4 is 29.1 Å². The van der Waals surface area contributed by atoms with Crippen LogP contribution in [0.4, 0.5) is 11.4 Å². The van der Waals surface area contributed by atoms with Gasteiger partial charge < -0.3 is 16.0 Å². The van der Waals surface area contributed by atoms with Gasteiger partial charge in [0.1, 0.15) is 0 Å². The quantitative estimate of drug-likeness (QED) is 0.638. The number of hydrogen-bond acceptors (Lipinski definition) is 3. The average molecular weight is 385 g/mol. The van der Waals surface area contributed by atoms with Crippen LogP contribution in [0.25, 0.3) is 11.1 Å². The molecule has 0 bridgehead atoms. The number of rotatable bonds is 4. The lowest BCUT2D eigenvalue weighted by molar-refractivity contribution is -0.114. The molecule has 0 atom stereocenters. The maximum Gasteiger partial charge on any atom is 0.257 e. The molecule has 0 saturated carbocycles. The maximum absolute atomic E-state index is 12.9. The van der Waals surface area contributed by atoms with Crippen molar-refractivity contribution in [3.05, 3.63) is 83.4 Å². The second-order valence-corrected chi connectivity index (χ2v) is 6.74. The van der Waals surface area contributed by atoms with Crippen molar-refractivity contribution in [2.24, 2.45) is 0 Å². The largest absolute Gasteiger partial charge is 0.348 e. The van der Waals surface area contributed by atoms with Gasteiger partial charge in [0.25, 0.3) is 11.8 Å². The fraction of sp³-hybridized carbons (Fsp3) is 0.0870. The van der Waals surface area contributed by atoms with E-state index in [0.717, 1.165) is 16.7 Å². The molecular weight excluding hydrogens is 366 g/mol. The van der Waals surface area contributed by atoms with Gasteiger partial charge in [0.05, 0.1) is 22.5 Å². The van der Waals surface area contributed by atoms with Crippen LogP contribution in [-0.2, 0) is 11.3 Å². The predicted octanol–water partition coefficient (Wildman–Crippen LogP) is 3.81. The minimum atomic E-state index is -0.399. The van der Waals surface area contributed by atoms with Gasteiger partial charge in [0.2, 0.25) is 5.91 Å². The van der Waals surface area contributed by atoms with E-state index in [9.17, 15) is 14.4 Å². The molecule has 144 valence electrons. The first kappa shape index (κ1) is 18.4. The molecule has 6 heteroatoms. The van der Waals surface area contributed by atoms with Crippen LogP contribution in [-0.4, -0.2) is 17.7 Å². The van der Waals surface area contributed by atoms with Crippen molar-refractivity contribution in [3.8, 4) is 11.1 Å². The second-order valence-electron chi connectivity index (χ2n) is 6.74. The molecule has 1 aliphatic heterocycles. The van der Waals surface area contributed by atoms with Crippen LogP contribution in [0.2, 0.25) is 0 Å². The molecule has 4 rings (SSSR count). The van der Waals surface area contributed by atoms with Gasteiger partial charge in [0.15, 0.2) is 0 Å². The Morgan fingerprint density at radius 2 is 1.59 bits per heavy atom. The Labute approximate surface area is 167 Å².